The maximum atomic E-state index is 12.6. The molecule has 0 aromatic carbocycles. The number of aliphatic hydroxyl groups is 1. The van der Waals surface area contributed by atoms with Gasteiger partial charge >= 0.3 is 5.97 Å². The minimum Gasteiger partial charge on any atom is -0.481 e. The zero-order valence-corrected chi connectivity index (χ0v) is 11.7. The molecule has 7 heteroatoms. The summed E-state index contributed by atoms with van der Waals surface area (Å²) in [4.78, 5) is 11.2. The van der Waals surface area contributed by atoms with Crippen LogP contribution in [0.3, 0.4) is 0 Å². The van der Waals surface area contributed by atoms with E-state index in [0.717, 1.165) is 19.3 Å². The fraction of sp³-hybridized carbons (Fsp3) is 0.917. The van der Waals surface area contributed by atoms with Gasteiger partial charge in [0.1, 0.15) is 0 Å². The summed E-state index contributed by atoms with van der Waals surface area (Å²) in [6, 6.07) is -0.0489. The molecule has 2 atom stereocenters. The SMILES string of the molecule is O=C(O)C1CCCC1S(=O)(=O)N(CCO)C1CCC1. The molecule has 2 fully saturated rings. The molecule has 0 bridgehead atoms. The second-order valence-corrected chi connectivity index (χ2v) is 7.48. The fourth-order valence-corrected chi connectivity index (χ4v) is 5.47. The number of aliphatic hydroxyl groups excluding tert-OH is 1. The Morgan fingerprint density at radius 3 is 2.26 bits per heavy atom. The van der Waals surface area contributed by atoms with Gasteiger partial charge in [-0.25, -0.2) is 8.42 Å². The van der Waals surface area contributed by atoms with E-state index in [1.54, 1.807) is 0 Å². The van der Waals surface area contributed by atoms with Crippen LogP contribution in [-0.2, 0) is 14.8 Å². The van der Waals surface area contributed by atoms with E-state index in [9.17, 15) is 13.2 Å². The minimum absolute atomic E-state index is 0.0489. The largest absolute Gasteiger partial charge is 0.481 e. The van der Waals surface area contributed by atoms with Gasteiger partial charge in [0.15, 0.2) is 0 Å². The van der Waals surface area contributed by atoms with Crippen molar-refractivity contribution in [2.75, 3.05) is 13.2 Å². The van der Waals surface area contributed by atoms with Crippen molar-refractivity contribution in [3.63, 3.8) is 0 Å². The molecule has 0 amide bonds. The molecule has 2 aliphatic carbocycles. The van der Waals surface area contributed by atoms with E-state index >= 15 is 0 Å². The summed E-state index contributed by atoms with van der Waals surface area (Å²) in [5.74, 6) is -1.82. The van der Waals surface area contributed by atoms with Crippen molar-refractivity contribution < 1.29 is 23.4 Å². The molecule has 0 aliphatic heterocycles. The molecule has 0 aromatic rings. The number of hydrogen-bond acceptors (Lipinski definition) is 4. The zero-order chi connectivity index (χ0) is 14.0. The maximum absolute atomic E-state index is 12.6. The van der Waals surface area contributed by atoms with Gasteiger partial charge in [-0.1, -0.05) is 12.8 Å². The zero-order valence-electron chi connectivity index (χ0n) is 10.9. The lowest BCUT2D eigenvalue weighted by Crippen LogP contribution is -2.50. The van der Waals surface area contributed by atoms with Gasteiger partial charge in [-0.15, -0.1) is 0 Å². The lowest BCUT2D eigenvalue weighted by molar-refractivity contribution is -0.141. The molecule has 0 spiro atoms. The highest BCUT2D eigenvalue weighted by molar-refractivity contribution is 7.89. The Morgan fingerprint density at radius 1 is 1.16 bits per heavy atom. The summed E-state index contributed by atoms with van der Waals surface area (Å²) in [5, 5.41) is 17.4. The number of carboxylic acid groups (broad SMARTS) is 1. The first kappa shape index (κ1) is 14.7. The van der Waals surface area contributed by atoms with Crippen LogP contribution in [0.4, 0.5) is 0 Å². The average molecular weight is 291 g/mol. The molecule has 0 heterocycles. The highest BCUT2D eigenvalue weighted by atomic mass is 32.2. The number of carboxylic acids is 1. The smallest absolute Gasteiger partial charge is 0.307 e. The van der Waals surface area contributed by atoms with Crippen molar-refractivity contribution >= 4 is 16.0 Å². The number of rotatable bonds is 6. The highest BCUT2D eigenvalue weighted by Crippen LogP contribution is 2.36. The quantitative estimate of drug-likeness (QED) is 0.739. The first-order valence-electron chi connectivity index (χ1n) is 6.82. The molecule has 0 saturated heterocycles. The van der Waals surface area contributed by atoms with Crippen molar-refractivity contribution in [2.45, 2.75) is 49.8 Å². The fourth-order valence-electron chi connectivity index (χ4n) is 3.03. The van der Waals surface area contributed by atoms with Crippen LogP contribution < -0.4 is 0 Å². The van der Waals surface area contributed by atoms with E-state index in [1.165, 1.54) is 4.31 Å². The van der Waals surface area contributed by atoms with Crippen molar-refractivity contribution in [1.29, 1.82) is 0 Å². The van der Waals surface area contributed by atoms with E-state index in [2.05, 4.69) is 0 Å². The van der Waals surface area contributed by atoms with Crippen LogP contribution in [0.1, 0.15) is 38.5 Å². The summed E-state index contributed by atoms with van der Waals surface area (Å²) in [6.45, 7) is -0.143. The third-order valence-corrected chi connectivity index (χ3v) is 6.75. The van der Waals surface area contributed by atoms with Crippen LogP contribution in [0, 0.1) is 5.92 Å². The molecule has 2 aliphatic rings. The van der Waals surface area contributed by atoms with Gasteiger partial charge in [0.2, 0.25) is 10.0 Å². The lowest BCUT2D eigenvalue weighted by atomic mass is 9.93. The number of hydrogen-bond donors (Lipinski definition) is 2. The molecule has 2 saturated carbocycles. The van der Waals surface area contributed by atoms with Crippen molar-refractivity contribution in [1.82, 2.24) is 4.31 Å². The van der Waals surface area contributed by atoms with Gasteiger partial charge in [-0.3, -0.25) is 4.79 Å². The standard InChI is InChI=1S/C12H21NO5S/c14-8-7-13(9-3-1-4-9)19(17,18)11-6-2-5-10(11)12(15)16/h9-11,14H,1-8H2,(H,15,16). The Balaban J connectivity index is 2.20. The van der Waals surface area contributed by atoms with Crippen LogP contribution in [0.2, 0.25) is 0 Å². The van der Waals surface area contributed by atoms with E-state index < -0.39 is 27.2 Å². The van der Waals surface area contributed by atoms with E-state index in [1.807, 2.05) is 0 Å². The molecule has 2 rings (SSSR count). The Bertz CT molecular complexity index is 431. The third kappa shape index (κ3) is 2.78. The van der Waals surface area contributed by atoms with Gasteiger partial charge in [0, 0.05) is 12.6 Å². The van der Waals surface area contributed by atoms with Gasteiger partial charge in [0.25, 0.3) is 0 Å². The van der Waals surface area contributed by atoms with E-state index in [-0.39, 0.29) is 19.2 Å². The van der Waals surface area contributed by atoms with Gasteiger partial charge in [0.05, 0.1) is 17.8 Å². The molecule has 0 radical (unpaired) electrons. The van der Waals surface area contributed by atoms with Gasteiger partial charge < -0.3 is 10.2 Å². The molecule has 19 heavy (non-hydrogen) atoms. The molecule has 6 nitrogen and oxygen atoms in total. The normalized spacial score (nSPS) is 28.5. The van der Waals surface area contributed by atoms with E-state index in [0.29, 0.717) is 19.3 Å². The number of sulfonamides is 1. The van der Waals surface area contributed by atoms with Crippen LogP contribution in [0.15, 0.2) is 0 Å². The Kier molecular flexibility index (Phi) is 4.47. The van der Waals surface area contributed by atoms with Crippen LogP contribution >= 0.6 is 0 Å². The summed E-state index contributed by atoms with van der Waals surface area (Å²) >= 11 is 0. The molecule has 110 valence electrons. The van der Waals surface area contributed by atoms with Crippen molar-refractivity contribution in [3.8, 4) is 0 Å². The molecule has 2 N–H and O–H groups in total. The Hall–Kier alpha value is -0.660. The molecular weight excluding hydrogens is 270 g/mol. The average Bonchev–Trinajstić information content (AvgIpc) is 2.75. The maximum Gasteiger partial charge on any atom is 0.307 e. The van der Waals surface area contributed by atoms with Crippen molar-refractivity contribution in [3.05, 3.63) is 0 Å². The Morgan fingerprint density at radius 2 is 1.79 bits per heavy atom. The predicted molar refractivity (Wildman–Crippen MR) is 69.1 cm³/mol. The second-order valence-electron chi connectivity index (χ2n) is 5.38. The lowest BCUT2D eigenvalue weighted by Gasteiger charge is -2.38. The van der Waals surface area contributed by atoms with Crippen LogP contribution in [0.5, 0.6) is 0 Å². The van der Waals surface area contributed by atoms with Crippen LogP contribution in [0.25, 0.3) is 0 Å². The molecule has 2 unspecified atom stereocenters. The monoisotopic (exact) mass is 291 g/mol. The van der Waals surface area contributed by atoms with Gasteiger partial charge in [-0.05, 0) is 25.7 Å². The van der Waals surface area contributed by atoms with Crippen molar-refractivity contribution in [2.24, 2.45) is 5.92 Å². The second kappa shape index (κ2) is 5.76. The molecule has 0 aromatic heterocycles. The van der Waals surface area contributed by atoms with E-state index in [4.69, 9.17) is 10.2 Å². The first-order valence-corrected chi connectivity index (χ1v) is 8.33. The summed E-state index contributed by atoms with van der Waals surface area (Å²) in [7, 11) is -3.62. The number of aliphatic carboxylic acids is 1. The number of carbonyl (C=O) groups is 1. The molecular formula is C12H21NO5S. The number of nitrogens with zero attached hydrogens (tertiary/aromatic N) is 1. The summed E-state index contributed by atoms with van der Waals surface area (Å²) in [6.07, 6.45) is 4.09. The summed E-state index contributed by atoms with van der Waals surface area (Å²) in [5.41, 5.74) is 0. The topological polar surface area (TPSA) is 94.9 Å². The summed E-state index contributed by atoms with van der Waals surface area (Å²) < 4.78 is 26.6. The third-order valence-electron chi connectivity index (χ3n) is 4.28. The first-order chi connectivity index (χ1) is 8.98. The predicted octanol–water partition coefficient (Wildman–Crippen LogP) is 0.416. The van der Waals surface area contributed by atoms with Crippen LogP contribution in [-0.4, -0.2) is 53.3 Å². The van der Waals surface area contributed by atoms with Gasteiger partial charge in [-0.2, -0.15) is 4.31 Å². The minimum atomic E-state index is -3.62. The highest BCUT2D eigenvalue weighted by Gasteiger charge is 2.46. The Labute approximate surface area is 113 Å².